The highest BCUT2D eigenvalue weighted by atomic mass is 32.2. The maximum absolute atomic E-state index is 13.3. The van der Waals surface area contributed by atoms with E-state index in [2.05, 4.69) is 21.1 Å². The van der Waals surface area contributed by atoms with Gasteiger partial charge in [0.2, 0.25) is 0 Å². The molecule has 7 nitrogen and oxygen atoms in total. The van der Waals surface area contributed by atoms with Crippen molar-refractivity contribution in [1.29, 1.82) is 5.26 Å². The van der Waals surface area contributed by atoms with Crippen LogP contribution in [0.15, 0.2) is 28.6 Å². The van der Waals surface area contributed by atoms with Gasteiger partial charge in [-0.05, 0) is 63.6 Å². The SMILES string of the molecule is Cc1ncc(S(=O)(=O)Nc2cc(C(F)(F)F)ccc2C(=O)NC23CCC(C#N)(CC2)CC3)s1. The second-order valence-corrected chi connectivity index (χ2v) is 11.8. The number of aromatic nitrogens is 1. The van der Waals surface area contributed by atoms with Gasteiger partial charge in [-0.1, -0.05) is 0 Å². The van der Waals surface area contributed by atoms with E-state index in [-0.39, 0.29) is 15.2 Å². The number of alkyl halides is 3. The van der Waals surface area contributed by atoms with E-state index < -0.39 is 38.9 Å². The molecule has 0 spiro atoms. The lowest BCUT2D eigenvalue weighted by Gasteiger charge is -2.50. The molecule has 3 aliphatic rings. The summed E-state index contributed by atoms with van der Waals surface area (Å²) in [7, 11) is -4.25. The molecule has 2 N–H and O–H groups in total. The van der Waals surface area contributed by atoms with Crippen LogP contribution in [0.1, 0.15) is 59.5 Å². The van der Waals surface area contributed by atoms with Crippen molar-refractivity contribution in [3.05, 3.63) is 40.5 Å². The smallest absolute Gasteiger partial charge is 0.347 e. The maximum Gasteiger partial charge on any atom is 0.416 e. The molecule has 3 fully saturated rings. The molecular formula is C21H21F3N4O3S2. The van der Waals surface area contributed by atoms with E-state index in [1.54, 1.807) is 6.92 Å². The molecular weight excluding hydrogens is 477 g/mol. The summed E-state index contributed by atoms with van der Waals surface area (Å²) in [5.41, 5.74) is -2.66. The Hall–Kier alpha value is -2.65. The molecule has 0 radical (unpaired) electrons. The van der Waals surface area contributed by atoms with Gasteiger partial charge in [-0.25, -0.2) is 13.4 Å². The zero-order valence-electron chi connectivity index (χ0n) is 17.6. The van der Waals surface area contributed by atoms with Crippen LogP contribution in [-0.2, 0) is 16.2 Å². The second kappa shape index (κ2) is 7.99. The highest BCUT2D eigenvalue weighted by Crippen LogP contribution is 2.52. The Bertz CT molecular complexity index is 1220. The fourth-order valence-corrected chi connectivity index (χ4v) is 6.69. The number of hydrogen-bond acceptors (Lipinski definition) is 6. The van der Waals surface area contributed by atoms with Crippen molar-refractivity contribution in [3.63, 3.8) is 0 Å². The quantitative estimate of drug-likeness (QED) is 0.625. The number of fused-ring (bicyclic) bond motifs is 3. The third kappa shape index (κ3) is 4.56. The summed E-state index contributed by atoms with van der Waals surface area (Å²) in [6.07, 6.45) is 0.0852. The fourth-order valence-electron chi connectivity index (χ4n) is 4.51. The number of carbonyl (C=O) groups excluding carboxylic acids is 1. The molecule has 5 rings (SSSR count). The van der Waals surface area contributed by atoms with Gasteiger partial charge in [-0.3, -0.25) is 9.52 Å². The molecule has 0 saturated heterocycles. The first-order valence-electron chi connectivity index (χ1n) is 10.3. The second-order valence-electron chi connectivity index (χ2n) is 8.69. The van der Waals surface area contributed by atoms with Gasteiger partial charge in [0.1, 0.15) is 0 Å². The molecule has 3 saturated carbocycles. The summed E-state index contributed by atoms with van der Waals surface area (Å²) < 4.78 is 67.4. The summed E-state index contributed by atoms with van der Waals surface area (Å²) in [5, 5.41) is 12.8. The van der Waals surface area contributed by atoms with Gasteiger partial charge < -0.3 is 5.32 Å². The Balaban J connectivity index is 1.65. The standard InChI is InChI=1S/C21H21F3N4O3S2/c1-13-26-11-17(32-13)33(30,31)28-16-10-14(21(22,23)24)2-3-15(16)18(29)27-20-7-4-19(12-25,5-8-20)6-9-20/h2-3,10-11,28H,4-9H2,1H3,(H,27,29). The Labute approximate surface area is 193 Å². The van der Waals surface area contributed by atoms with Crippen molar-refractivity contribution in [2.24, 2.45) is 5.41 Å². The lowest BCUT2D eigenvalue weighted by molar-refractivity contribution is -0.137. The zero-order valence-corrected chi connectivity index (χ0v) is 19.3. The molecule has 1 heterocycles. The molecule has 12 heteroatoms. The van der Waals surface area contributed by atoms with Crippen molar-refractivity contribution >= 4 is 33.0 Å². The number of thiazole rings is 1. The monoisotopic (exact) mass is 498 g/mol. The minimum Gasteiger partial charge on any atom is -0.347 e. The highest BCUT2D eigenvalue weighted by molar-refractivity contribution is 7.94. The highest BCUT2D eigenvalue weighted by Gasteiger charge is 2.49. The predicted molar refractivity (Wildman–Crippen MR) is 115 cm³/mol. The molecule has 2 aromatic rings. The van der Waals surface area contributed by atoms with E-state index in [4.69, 9.17) is 0 Å². The third-order valence-corrected chi connectivity index (χ3v) is 9.30. The van der Waals surface area contributed by atoms with Gasteiger partial charge in [-0.15, -0.1) is 11.3 Å². The van der Waals surface area contributed by atoms with E-state index in [9.17, 15) is 31.6 Å². The van der Waals surface area contributed by atoms with Crippen molar-refractivity contribution in [2.75, 3.05) is 4.72 Å². The molecule has 176 valence electrons. The van der Waals surface area contributed by atoms with Crippen LogP contribution in [0.4, 0.5) is 18.9 Å². The van der Waals surface area contributed by atoms with Crippen LogP contribution < -0.4 is 10.0 Å². The van der Waals surface area contributed by atoms with E-state index >= 15 is 0 Å². The van der Waals surface area contributed by atoms with Gasteiger partial charge >= 0.3 is 6.18 Å². The molecule has 0 unspecified atom stereocenters. The van der Waals surface area contributed by atoms with Crippen molar-refractivity contribution in [2.45, 2.75) is 61.4 Å². The Morgan fingerprint density at radius 3 is 2.33 bits per heavy atom. The number of nitriles is 1. The molecule has 0 aliphatic heterocycles. The average Bonchev–Trinajstić information content (AvgIpc) is 3.21. The third-order valence-electron chi connectivity index (χ3n) is 6.56. The minimum atomic E-state index is -4.72. The van der Waals surface area contributed by atoms with E-state index in [0.717, 1.165) is 29.7 Å². The lowest BCUT2D eigenvalue weighted by atomic mass is 9.58. The number of sulfonamides is 1. The van der Waals surface area contributed by atoms with Crippen LogP contribution in [0.25, 0.3) is 0 Å². The van der Waals surface area contributed by atoms with Crippen molar-refractivity contribution < 1.29 is 26.4 Å². The van der Waals surface area contributed by atoms with Crippen LogP contribution in [0, 0.1) is 23.7 Å². The first-order valence-corrected chi connectivity index (χ1v) is 12.6. The number of amides is 1. The average molecular weight is 499 g/mol. The number of nitrogens with zero attached hydrogens (tertiary/aromatic N) is 2. The Kier molecular flexibility index (Phi) is 5.69. The molecule has 33 heavy (non-hydrogen) atoms. The normalized spacial score (nSPS) is 24.8. The van der Waals surface area contributed by atoms with Crippen LogP contribution in [0.5, 0.6) is 0 Å². The van der Waals surface area contributed by atoms with Crippen LogP contribution in [0.2, 0.25) is 0 Å². The predicted octanol–water partition coefficient (Wildman–Crippen LogP) is 4.62. The molecule has 0 atom stereocenters. The zero-order chi connectivity index (χ0) is 24.1. The number of carbonyl (C=O) groups is 1. The summed E-state index contributed by atoms with van der Waals surface area (Å²) in [6.45, 7) is 1.60. The summed E-state index contributed by atoms with van der Waals surface area (Å²) in [5.74, 6) is -0.659. The molecule has 1 aromatic heterocycles. The van der Waals surface area contributed by atoms with Crippen molar-refractivity contribution in [3.8, 4) is 6.07 Å². The molecule has 1 aromatic carbocycles. The Morgan fingerprint density at radius 2 is 1.82 bits per heavy atom. The topological polar surface area (TPSA) is 112 Å². The largest absolute Gasteiger partial charge is 0.416 e. The number of rotatable bonds is 5. The van der Waals surface area contributed by atoms with E-state index in [0.29, 0.717) is 49.6 Å². The van der Waals surface area contributed by atoms with Gasteiger partial charge in [-0.2, -0.15) is 18.4 Å². The number of nitrogens with one attached hydrogen (secondary N) is 2. The van der Waals surface area contributed by atoms with Gasteiger partial charge in [0.05, 0.1) is 39.5 Å². The maximum atomic E-state index is 13.3. The number of halogens is 3. The minimum absolute atomic E-state index is 0.172. The lowest BCUT2D eigenvalue weighted by Crippen LogP contribution is -2.56. The summed E-state index contributed by atoms with van der Waals surface area (Å²) in [6, 6.07) is 4.74. The molecule has 2 bridgehead atoms. The van der Waals surface area contributed by atoms with Gasteiger partial charge in [0.15, 0.2) is 4.21 Å². The van der Waals surface area contributed by atoms with Gasteiger partial charge in [0.25, 0.3) is 15.9 Å². The fraction of sp³-hybridized carbons (Fsp3) is 0.476. The van der Waals surface area contributed by atoms with Crippen LogP contribution in [-0.4, -0.2) is 24.8 Å². The summed E-state index contributed by atoms with van der Waals surface area (Å²) in [4.78, 5) is 17.0. The number of anilines is 1. The van der Waals surface area contributed by atoms with E-state index in [1.807, 2.05) is 0 Å². The molecule has 3 aliphatic carbocycles. The first-order chi connectivity index (χ1) is 15.4. The van der Waals surface area contributed by atoms with E-state index in [1.165, 1.54) is 0 Å². The van der Waals surface area contributed by atoms with Gasteiger partial charge in [0, 0.05) is 5.54 Å². The number of hydrogen-bond donors (Lipinski definition) is 2. The Morgan fingerprint density at radius 1 is 1.18 bits per heavy atom. The van der Waals surface area contributed by atoms with Crippen LogP contribution >= 0.6 is 11.3 Å². The number of aryl methyl sites for hydroxylation is 1. The number of benzene rings is 1. The van der Waals surface area contributed by atoms with Crippen LogP contribution in [0.3, 0.4) is 0 Å². The summed E-state index contributed by atoms with van der Waals surface area (Å²) >= 11 is 0.866. The molecule has 1 amide bonds. The van der Waals surface area contributed by atoms with Crippen molar-refractivity contribution in [1.82, 2.24) is 10.3 Å². The first kappa shape index (κ1) is 23.5.